The first-order valence-electron chi connectivity index (χ1n) is 11.6. The number of nitrogens with zero attached hydrogens (tertiary/aromatic N) is 5. The Labute approximate surface area is 220 Å². The number of aryl methyl sites for hydroxylation is 1. The zero-order valence-corrected chi connectivity index (χ0v) is 22.3. The van der Waals surface area contributed by atoms with Crippen molar-refractivity contribution in [2.75, 3.05) is 44.5 Å². The van der Waals surface area contributed by atoms with Crippen LogP contribution in [0, 0.1) is 6.92 Å². The molecular weight excluding hydrogens is 496 g/mol. The van der Waals surface area contributed by atoms with Crippen LogP contribution >= 0.6 is 23.5 Å². The van der Waals surface area contributed by atoms with Crippen LogP contribution in [0.15, 0.2) is 52.2 Å². The van der Waals surface area contributed by atoms with Crippen molar-refractivity contribution in [1.82, 2.24) is 24.4 Å². The molecule has 11 heteroatoms. The van der Waals surface area contributed by atoms with E-state index in [0.717, 1.165) is 54.3 Å². The smallest absolute Gasteiger partial charge is 0.181 e. The standard InChI is InChI=1S/C25H31ClN8OS/c1-5-6-18-14-23(32-31-18)30-22(27-3)15-24(33-9-11-34(36-4)12-10-33)28-16-35-21-8-7-20-19(25(21)26)13-17(2)29-20/h5-8,13-15,29H,3,9-12,16H2,1-2,4H3,(H2,30,31,32)/b6-5+,22-15+,28-24+. The fraction of sp³-hybridized carbons (Fsp3) is 0.320. The number of hydrogen-bond donors (Lipinski definition) is 3. The van der Waals surface area contributed by atoms with E-state index in [4.69, 9.17) is 21.3 Å². The first-order chi connectivity index (χ1) is 17.5. The third-order valence-corrected chi connectivity index (χ3v) is 7.01. The number of benzene rings is 1. The van der Waals surface area contributed by atoms with E-state index < -0.39 is 0 Å². The Hall–Kier alpha value is -3.21. The number of hydrogen-bond acceptors (Lipinski definition) is 7. The van der Waals surface area contributed by atoms with Crippen molar-refractivity contribution in [3.05, 3.63) is 58.6 Å². The summed E-state index contributed by atoms with van der Waals surface area (Å²) in [6, 6.07) is 7.74. The number of allylic oxidation sites excluding steroid dienone is 1. The van der Waals surface area contributed by atoms with E-state index in [0.29, 0.717) is 22.4 Å². The second kappa shape index (κ2) is 12.2. The molecule has 1 aliphatic rings. The number of aromatic amines is 2. The molecule has 1 saturated heterocycles. The van der Waals surface area contributed by atoms with Gasteiger partial charge in [-0.1, -0.05) is 29.6 Å². The average Bonchev–Trinajstić information content (AvgIpc) is 3.50. The topological polar surface area (TPSA) is 96.9 Å². The van der Waals surface area contributed by atoms with Crippen molar-refractivity contribution in [3.8, 4) is 5.75 Å². The van der Waals surface area contributed by atoms with Crippen molar-refractivity contribution in [2.45, 2.75) is 13.8 Å². The van der Waals surface area contributed by atoms with E-state index in [2.05, 4.69) is 47.7 Å². The van der Waals surface area contributed by atoms with Gasteiger partial charge < -0.3 is 19.9 Å². The molecule has 0 bridgehead atoms. The number of rotatable bonds is 9. The Morgan fingerprint density at radius 3 is 2.83 bits per heavy atom. The lowest BCUT2D eigenvalue weighted by Crippen LogP contribution is -2.46. The highest BCUT2D eigenvalue weighted by molar-refractivity contribution is 7.96. The maximum absolute atomic E-state index is 6.60. The third kappa shape index (κ3) is 6.31. The molecule has 0 radical (unpaired) electrons. The SMILES string of the molecule is C=N/C(=C\C(=N/COc1ccc2[nH]c(C)cc2c1Cl)N1CCN(SC)CC1)Nc1cc(/C=C/C)[nH]n1. The molecule has 190 valence electrons. The van der Waals surface area contributed by atoms with E-state index in [1.807, 2.05) is 56.3 Å². The van der Waals surface area contributed by atoms with Gasteiger partial charge in [-0.3, -0.25) is 5.10 Å². The van der Waals surface area contributed by atoms with Crippen molar-refractivity contribution in [3.63, 3.8) is 0 Å². The van der Waals surface area contributed by atoms with Crippen LogP contribution in [0.25, 0.3) is 17.0 Å². The maximum atomic E-state index is 6.60. The molecule has 4 rings (SSSR count). The second-order valence-corrected chi connectivity index (χ2v) is 9.46. The fourth-order valence-electron chi connectivity index (χ4n) is 3.94. The normalized spacial score (nSPS) is 15.7. The van der Waals surface area contributed by atoms with Crippen molar-refractivity contribution in [1.29, 1.82) is 0 Å². The van der Waals surface area contributed by atoms with Gasteiger partial charge in [0.25, 0.3) is 0 Å². The molecule has 0 spiro atoms. The van der Waals surface area contributed by atoms with E-state index in [-0.39, 0.29) is 6.73 Å². The van der Waals surface area contributed by atoms with Gasteiger partial charge in [0.15, 0.2) is 12.5 Å². The number of piperazine rings is 1. The number of halogens is 1. The first kappa shape index (κ1) is 25.9. The van der Waals surface area contributed by atoms with E-state index in [1.165, 1.54) is 0 Å². The summed E-state index contributed by atoms with van der Waals surface area (Å²) >= 11 is 8.36. The molecule has 0 unspecified atom stereocenters. The largest absolute Gasteiger partial charge is 0.470 e. The highest BCUT2D eigenvalue weighted by Crippen LogP contribution is 2.33. The zero-order chi connectivity index (χ0) is 25.5. The van der Waals surface area contributed by atoms with Gasteiger partial charge in [0.2, 0.25) is 0 Å². The number of H-pyrrole nitrogens is 2. The molecular formula is C25H31ClN8OS. The predicted molar refractivity (Wildman–Crippen MR) is 152 cm³/mol. The summed E-state index contributed by atoms with van der Waals surface area (Å²) in [5, 5.41) is 12.0. The fourth-order valence-corrected chi connectivity index (χ4v) is 4.75. The number of anilines is 1. The summed E-state index contributed by atoms with van der Waals surface area (Å²) in [6.45, 7) is 11.3. The summed E-state index contributed by atoms with van der Waals surface area (Å²) in [6.07, 6.45) is 7.85. The maximum Gasteiger partial charge on any atom is 0.181 e. The van der Waals surface area contributed by atoms with Crippen LogP contribution in [0.5, 0.6) is 5.75 Å². The quantitative estimate of drug-likeness (QED) is 0.202. The van der Waals surface area contributed by atoms with Gasteiger partial charge in [-0.05, 0) is 51.1 Å². The van der Waals surface area contributed by atoms with Gasteiger partial charge >= 0.3 is 0 Å². The Morgan fingerprint density at radius 2 is 2.11 bits per heavy atom. The summed E-state index contributed by atoms with van der Waals surface area (Å²) in [5.41, 5.74) is 2.92. The Balaban J connectivity index is 1.54. The number of nitrogens with one attached hydrogen (secondary N) is 3. The van der Waals surface area contributed by atoms with Crippen molar-refractivity contribution < 1.29 is 4.74 Å². The number of fused-ring (bicyclic) bond motifs is 1. The molecule has 0 saturated carbocycles. The lowest BCUT2D eigenvalue weighted by Gasteiger charge is -2.34. The first-order valence-corrected chi connectivity index (χ1v) is 13.2. The van der Waals surface area contributed by atoms with E-state index in [9.17, 15) is 0 Å². The predicted octanol–water partition coefficient (Wildman–Crippen LogP) is 5.17. The summed E-state index contributed by atoms with van der Waals surface area (Å²) in [5.74, 6) is 2.54. The Bertz CT molecular complexity index is 1290. The van der Waals surface area contributed by atoms with Crippen LogP contribution < -0.4 is 10.1 Å². The van der Waals surface area contributed by atoms with Crippen LogP contribution in [0.2, 0.25) is 5.02 Å². The lowest BCUT2D eigenvalue weighted by atomic mass is 10.2. The average molecular weight is 527 g/mol. The van der Waals surface area contributed by atoms with Gasteiger partial charge in [-0.25, -0.2) is 14.3 Å². The van der Waals surface area contributed by atoms with Gasteiger partial charge in [0.05, 0.1) is 10.7 Å². The summed E-state index contributed by atoms with van der Waals surface area (Å²) < 4.78 is 8.32. The van der Waals surface area contributed by atoms with Crippen LogP contribution in [0.1, 0.15) is 18.3 Å². The highest BCUT2D eigenvalue weighted by atomic mass is 35.5. The van der Waals surface area contributed by atoms with Gasteiger partial charge in [0, 0.05) is 54.9 Å². The van der Waals surface area contributed by atoms with Crippen molar-refractivity contribution >= 4 is 58.9 Å². The molecule has 1 aliphatic heterocycles. The monoisotopic (exact) mass is 526 g/mol. The third-order valence-electron chi connectivity index (χ3n) is 5.74. The molecule has 0 atom stereocenters. The Morgan fingerprint density at radius 1 is 1.31 bits per heavy atom. The zero-order valence-electron chi connectivity index (χ0n) is 20.7. The molecule has 1 aromatic carbocycles. The van der Waals surface area contributed by atoms with E-state index >= 15 is 0 Å². The molecule has 3 heterocycles. The minimum Gasteiger partial charge on any atom is -0.470 e. The summed E-state index contributed by atoms with van der Waals surface area (Å²) in [7, 11) is 0. The summed E-state index contributed by atoms with van der Waals surface area (Å²) in [4.78, 5) is 14.4. The number of amidine groups is 1. The van der Waals surface area contributed by atoms with Crippen molar-refractivity contribution in [2.24, 2.45) is 9.98 Å². The number of aromatic nitrogens is 3. The van der Waals surface area contributed by atoms with Crippen LogP contribution in [0.3, 0.4) is 0 Å². The molecule has 36 heavy (non-hydrogen) atoms. The van der Waals surface area contributed by atoms with Gasteiger partial charge in [0.1, 0.15) is 17.4 Å². The molecule has 3 aromatic rings. The molecule has 3 N–H and O–H groups in total. The second-order valence-electron chi connectivity index (χ2n) is 8.20. The molecule has 1 fully saturated rings. The molecule has 0 aliphatic carbocycles. The van der Waals surface area contributed by atoms with Crippen LogP contribution in [-0.2, 0) is 0 Å². The van der Waals surface area contributed by atoms with Gasteiger partial charge in [-0.15, -0.1) is 0 Å². The molecule has 2 aromatic heterocycles. The van der Waals surface area contributed by atoms with Gasteiger partial charge in [-0.2, -0.15) is 5.10 Å². The number of ether oxygens (including phenoxy) is 1. The minimum atomic E-state index is 0.113. The van der Waals surface area contributed by atoms with Crippen LogP contribution in [-0.4, -0.2) is 76.1 Å². The molecule has 0 amide bonds. The Kier molecular flexibility index (Phi) is 8.74. The number of aliphatic imine (C=N–C) groups is 2. The highest BCUT2D eigenvalue weighted by Gasteiger charge is 2.19. The molecule has 9 nitrogen and oxygen atoms in total. The van der Waals surface area contributed by atoms with Crippen LogP contribution in [0.4, 0.5) is 5.82 Å². The lowest BCUT2D eigenvalue weighted by molar-refractivity contribution is 0.277. The van der Waals surface area contributed by atoms with E-state index in [1.54, 1.807) is 11.9 Å². The minimum absolute atomic E-state index is 0.113.